The minimum atomic E-state index is -0.960. The van der Waals surface area contributed by atoms with Gasteiger partial charge in [-0.2, -0.15) is 0 Å². The van der Waals surface area contributed by atoms with Gasteiger partial charge in [-0.05, 0) is 34.0 Å². The molecule has 0 saturated carbocycles. The van der Waals surface area contributed by atoms with Crippen molar-refractivity contribution in [3.05, 3.63) is 83.9 Å². The highest BCUT2D eigenvalue weighted by molar-refractivity contribution is 6.04. The van der Waals surface area contributed by atoms with E-state index < -0.39 is 5.97 Å². The van der Waals surface area contributed by atoms with Gasteiger partial charge in [0.2, 0.25) is 0 Å². The van der Waals surface area contributed by atoms with Crippen LogP contribution in [0.4, 0.5) is 0 Å². The summed E-state index contributed by atoms with van der Waals surface area (Å²) in [6.07, 6.45) is 1.78. The number of aromatic carboxylic acids is 1. The van der Waals surface area contributed by atoms with Crippen LogP contribution in [0.2, 0.25) is 0 Å². The summed E-state index contributed by atoms with van der Waals surface area (Å²) in [5.41, 5.74) is 2.26. The van der Waals surface area contributed by atoms with E-state index in [1.54, 1.807) is 18.2 Å². The van der Waals surface area contributed by atoms with Crippen LogP contribution in [-0.4, -0.2) is 11.1 Å². The van der Waals surface area contributed by atoms with Gasteiger partial charge in [0.15, 0.2) is 0 Å². The summed E-state index contributed by atoms with van der Waals surface area (Å²) >= 11 is 0. The van der Waals surface area contributed by atoms with Crippen LogP contribution in [0.1, 0.15) is 21.5 Å². The average Bonchev–Trinajstić information content (AvgIpc) is 2.59. The van der Waals surface area contributed by atoms with E-state index in [2.05, 4.69) is 6.58 Å². The SMILES string of the molecule is C=Cc1ccccc1COc1cc(C(=O)O)c2ccccc2c1. The molecule has 0 spiro atoms. The van der Waals surface area contributed by atoms with Crippen LogP contribution in [0.3, 0.4) is 0 Å². The fourth-order valence-corrected chi connectivity index (χ4v) is 2.57. The lowest BCUT2D eigenvalue weighted by Crippen LogP contribution is -2.01. The van der Waals surface area contributed by atoms with Gasteiger partial charge < -0.3 is 9.84 Å². The van der Waals surface area contributed by atoms with Crippen molar-refractivity contribution in [2.75, 3.05) is 0 Å². The zero-order chi connectivity index (χ0) is 16.2. The maximum Gasteiger partial charge on any atom is 0.336 e. The zero-order valence-corrected chi connectivity index (χ0v) is 12.5. The highest BCUT2D eigenvalue weighted by atomic mass is 16.5. The Bertz CT molecular complexity index is 881. The molecule has 0 radical (unpaired) electrons. The van der Waals surface area contributed by atoms with E-state index in [4.69, 9.17) is 4.74 Å². The van der Waals surface area contributed by atoms with E-state index in [-0.39, 0.29) is 5.56 Å². The summed E-state index contributed by atoms with van der Waals surface area (Å²) in [4.78, 5) is 11.5. The van der Waals surface area contributed by atoms with Crippen LogP contribution >= 0.6 is 0 Å². The van der Waals surface area contributed by atoms with Crippen molar-refractivity contribution >= 4 is 22.8 Å². The maximum atomic E-state index is 11.5. The number of hydrogen-bond acceptors (Lipinski definition) is 2. The standard InChI is InChI=1S/C20H16O3/c1-2-14-7-3-4-9-16(14)13-23-17-11-15-8-5-6-10-18(15)19(12-17)20(21)22/h2-12H,1,13H2,(H,21,22). The van der Waals surface area contributed by atoms with E-state index in [1.165, 1.54) is 0 Å². The van der Waals surface area contributed by atoms with Crippen molar-refractivity contribution in [1.82, 2.24) is 0 Å². The summed E-state index contributed by atoms with van der Waals surface area (Å²) in [6, 6.07) is 18.6. The van der Waals surface area contributed by atoms with Crippen LogP contribution in [-0.2, 0) is 6.61 Å². The monoisotopic (exact) mass is 304 g/mol. The van der Waals surface area contributed by atoms with Crippen molar-refractivity contribution in [3.63, 3.8) is 0 Å². The number of fused-ring (bicyclic) bond motifs is 1. The molecule has 3 aromatic carbocycles. The summed E-state index contributed by atoms with van der Waals surface area (Å²) in [5.74, 6) is -0.418. The van der Waals surface area contributed by atoms with Gasteiger partial charge in [-0.15, -0.1) is 0 Å². The molecule has 1 N–H and O–H groups in total. The molecule has 0 aliphatic carbocycles. The fraction of sp³-hybridized carbons (Fsp3) is 0.0500. The maximum absolute atomic E-state index is 11.5. The van der Waals surface area contributed by atoms with Crippen LogP contribution in [0.5, 0.6) is 5.75 Å². The lowest BCUT2D eigenvalue weighted by Gasteiger charge is -2.11. The Morgan fingerprint density at radius 3 is 2.61 bits per heavy atom. The van der Waals surface area contributed by atoms with E-state index in [0.717, 1.165) is 16.5 Å². The molecule has 0 amide bonds. The largest absolute Gasteiger partial charge is 0.489 e. The highest BCUT2D eigenvalue weighted by Crippen LogP contribution is 2.26. The Morgan fingerprint density at radius 2 is 1.83 bits per heavy atom. The third kappa shape index (κ3) is 3.09. The predicted molar refractivity (Wildman–Crippen MR) is 91.8 cm³/mol. The van der Waals surface area contributed by atoms with E-state index in [0.29, 0.717) is 17.7 Å². The molecule has 0 fully saturated rings. The Morgan fingerprint density at radius 1 is 1.09 bits per heavy atom. The van der Waals surface area contributed by atoms with Crippen molar-refractivity contribution in [1.29, 1.82) is 0 Å². The van der Waals surface area contributed by atoms with E-state index in [1.807, 2.05) is 48.5 Å². The van der Waals surface area contributed by atoms with Crippen LogP contribution in [0.15, 0.2) is 67.2 Å². The van der Waals surface area contributed by atoms with Crippen molar-refractivity contribution in [2.45, 2.75) is 6.61 Å². The molecule has 0 aromatic heterocycles. The number of carboxylic acids is 1. The molecule has 0 saturated heterocycles. The third-order valence-corrected chi connectivity index (χ3v) is 3.74. The molecule has 3 aromatic rings. The van der Waals surface area contributed by atoms with E-state index >= 15 is 0 Å². The van der Waals surface area contributed by atoms with Crippen molar-refractivity contribution < 1.29 is 14.6 Å². The second kappa shape index (κ2) is 6.36. The second-order valence-corrected chi connectivity index (χ2v) is 5.19. The number of benzene rings is 3. The quantitative estimate of drug-likeness (QED) is 0.739. The summed E-state index contributed by atoms with van der Waals surface area (Å²) in [6.45, 7) is 4.15. The van der Waals surface area contributed by atoms with E-state index in [9.17, 15) is 9.90 Å². The molecular weight excluding hydrogens is 288 g/mol. The number of carboxylic acid groups (broad SMARTS) is 1. The summed E-state index contributed by atoms with van der Waals surface area (Å²) in [5, 5.41) is 11.0. The Labute approximate surface area is 134 Å². The molecule has 0 atom stereocenters. The molecule has 3 heteroatoms. The Hall–Kier alpha value is -3.07. The van der Waals surface area contributed by atoms with Gasteiger partial charge in [0.25, 0.3) is 0 Å². The fourth-order valence-electron chi connectivity index (χ4n) is 2.57. The first kappa shape index (κ1) is 14.9. The summed E-state index contributed by atoms with van der Waals surface area (Å²) < 4.78 is 5.82. The molecule has 3 rings (SSSR count). The highest BCUT2D eigenvalue weighted by Gasteiger charge is 2.11. The first-order valence-electron chi connectivity index (χ1n) is 7.28. The van der Waals surface area contributed by atoms with Crippen LogP contribution in [0.25, 0.3) is 16.8 Å². The smallest absolute Gasteiger partial charge is 0.336 e. The van der Waals surface area contributed by atoms with Crippen LogP contribution < -0.4 is 4.74 Å². The summed E-state index contributed by atoms with van der Waals surface area (Å²) in [7, 11) is 0. The first-order valence-corrected chi connectivity index (χ1v) is 7.28. The van der Waals surface area contributed by atoms with Gasteiger partial charge >= 0.3 is 5.97 Å². The molecule has 3 nitrogen and oxygen atoms in total. The third-order valence-electron chi connectivity index (χ3n) is 3.74. The molecule has 0 unspecified atom stereocenters. The number of rotatable bonds is 5. The number of hydrogen-bond donors (Lipinski definition) is 1. The van der Waals surface area contributed by atoms with Crippen LogP contribution in [0, 0.1) is 0 Å². The number of carbonyl (C=O) groups is 1. The lowest BCUT2D eigenvalue weighted by atomic mass is 10.0. The Kier molecular flexibility index (Phi) is 4.11. The van der Waals surface area contributed by atoms with Gasteiger partial charge in [-0.3, -0.25) is 0 Å². The van der Waals surface area contributed by atoms with Gasteiger partial charge in [0, 0.05) is 0 Å². The Balaban J connectivity index is 1.94. The topological polar surface area (TPSA) is 46.5 Å². The number of ether oxygens (including phenoxy) is 1. The molecule has 0 aliphatic heterocycles. The average molecular weight is 304 g/mol. The molecule has 23 heavy (non-hydrogen) atoms. The lowest BCUT2D eigenvalue weighted by molar-refractivity contribution is 0.0698. The van der Waals surface area contributed by atoms with Gasteiger partial charge in [0.05, 0.1) is 5.56 Å². The molecule has 0 bridgehead atoms. The van der Waals surface area contributed by atoms with Gasteiger partial charge in [-0.1, -0.05) is 61.2 Å². The van der Waals surface area contributed by atoms with Crippen molar-refractivity contribution in [3.8, 4) is 5.75 Å². The first-order chi connectivity index (χ1) is 11.2. The minimum Gasteiger partial charge on any atom is -0.489 e. The van der Waals surface area contributed by atoms with Gasteiger partial charge in [-0.25, -0.2) is 4.79 Å². The molecule has 114 valence electrons. The van der Waals surface area contributed by atoms with Crippen molar-refractivity contribution in [2.24, 2.45) is 0 Å². The van der Waals surface area contributed by atoms with Gasteiger partial charge in [0.1, 0.15) is 12.4 Å². The predicted octanol–water partition coefficient (Wildman–Crippen LogP) is 4.76. The molecule has 0 heterocycles. The molecular formula is C20H16O3. The minimum absolute atomic E-state index is 0.245. The molecule has 0 aliphatic rings. The normalized spacial score (nSPS) is 10.4. The zero-order valence-electron chi connectivity index (χ0n) is 12.5. The second-order valence-electron chi connectivity index (χ2n) is 5.19.